The van der Waals surface area contributed by atoms with E-state index in [0.29, 0.717) is 23.1 Å². The SMILES string of the molecule is Cc1oc(C(C)C)nc1C(=O)N[C@H](C)c1ccco1. The summed E-state index contributed by atoms with van der Waals surface area (Å²) in [7, 11) is 0. The molecule has 0 aliphatic heterocycles. The Bertz CT molecular complexity index is 555. The Balaban J connectivity index is 2.12. The number of rotatable bonds is 4. The van der Waals surface area contributed by atoms with Gasteiger partial charge in [-0.3, -0.25) is 4.79 Å². The molecule has 0 aromatic carbocycles. The minimum atomic E-state index is -0.253. The third kappa shape index (κ3) is 2.86. The quantitative estimate of drug-likeness (QED) is 0.918. The van der Waals surface area contributed by atoms with Crippen LogP contribution < -0.4 is 5.32 Å². The van der Waals surface area contributed by atoms with E-state index in [1.165, 1.54) is 0 Å². The van der Waals surface area contributed by atoms with Crippen LogP contribution in [-0.2, 0) is 0 Å². The standard InChI is InChI=1S/C14H18N2O3/c1-8(2)14-16-12(10(4)19-14)13(17)15-9(3)11-6-5-7-18-11/h5-9H,1-4H3,(H,15,17)/t9-/m1/s1. The number of aromatic nitrogens is 1. The molecule has 1 atom stereocenters. The number of furan rings is 1. The van der Waals surface area contributed by atoms with Gasteiger partial charge in [0.2, 0.25) is 0 Å². The van der Waals surface area contributed by atoms with E-state index in [1.807, 2.05) is 26.8 Å². The lowest BCUT2D eigenvalue weighted by Crippen LogP contribution is -2.27. The lowest BCUT2D eigenvalue weighted by Gasteiger charge is -2.09. The molecule has 5 nitrogen and oxygen atoms in total. The van der Waals surface area contributed by atoms with Crippen molar-refractivity contribution in [3.63, 3.8) is 0 Å². The largest absolute Gasteiger partial charge is 0.467 e. The van der Waals surface area contributed by atoms with Gasteiger partial charge in [-0.15, -0.1) is 0 Å². The summed E-state index contributed by atoms with van der Waals surface area (Å²) in [4.78, 5) is 16.4. The summed E-state index contributed by atoms with van der Waals surface area (Å²) in [6, 6.07) is 3.40. The molecule has 2 aromatic rings. The molecule has 2 aromatic heterocycles. The van der Waals surface area contributed by atoms with E-state index in [-0.39, 0.29) is 17.9 Å². The van der Waals surface area contributed by atoms with E-state index in [1.54, 1.807) is 19.3 Å². The molecule has 2 heterocycles. The van der Waals surface area contributed by atoms with Gasteiger partial charge in [0, 0.05) is 5.92 Å². The maximum Gasteiger partial charge on any atom is 0.274 e. The van der Waals surface area contributed by atoms with Gasteiger partial charge in [0.15, 0.2) is 11.6 Å². The highest BCUT2D eigenvalue weighted by Gasteiger charge is 2.21. The van der Waals surface area contributed by atoms with Gasteiger partial charge in [-0.25, -0.2) is 4.98 Å². The van der Waals surface area contributed by atoms with Crippen molar-refractivity contribution in [2.45, 2.75) is 39.7 Å². The van der Waals surface area contributed by atoms with Crippen LogP contribution in [-0.4, -0.2) is 10.9 Å². The molecule has 0 fully saturated rings. The summed E-state index contributed by atoms with van der Waals surface area (Å²) < 4.78 is 10.7. The van der Waals surface area contributed by atoms with Crippen LogP contribution in [0.1, 0.15) is 60.6 Å². The number of nitrogens with one attached hydrogen (secondary N) is 1. The molecule has 5 heteroatoms. The first-order valence-electron chi connectivity index (χ1n) is 6.30. The molecule has 0 unspecified atom stereocenters. The predicted molar refractivity (Wildman–Crippen MR) is 69.9 cm³/mol. The van der Waals surface area contributed by atoms with E-state index < -0.39 is 0 Å². The lowest BCUT2D eigenvalue weighted by molar-refractivity contribution is 0.0929. The fourth-order valence-corrected chi connectivity index (χ4v) is 1.75. The molecule has 0 aliphatic carbocycles. The first-order valence-corrected chi connectivity index (χ1v) is 6.30. The average Bonchev–Trinajstić information content (AvgIpc) is 2.97. The average molecular weight is 262 g/mol. The Hall–Kier alpha value is -2.04. The van der Waals surface area contributed by atoms with Crippen molar-refractivity contribution < 1.29 is 13.6 Å². The Morgan fingerprint density at radius 1 is 1.37 bits per heavy atom. The number of carbonyl (C=O) groups excluding carboxylic acids is 1. The Labute approximate surface area is 112 Å². The number of hydrogen-bond acceptors (Lipinski definition) is 4. The maximum absolute atomic E-state index is 12.1. The van der Waals surface area contributed by atoms with Crippen LogP contribution >= 0.6 is 0 Å². The first kappa shape index (κ1) is 13.4. The van der Waals surface area contributed by atoms with Crippen LogP contribution in [0.5, 0.6) is 0 Å². The number of hydrogen-bond donors (Lipinski definition) is 1. The van der Waals surface area contributed by atoms with E-state index in [2.05, 4.69) is 10.3 Å². The van der Waals surface area contributed by atoms with Crippen LogP contribution in [0.4, 0.5) is 0 Å². The normalized spacial score (nSPS) is 12.7. The summed E-state index contributed by atoms with van der Waals surface area (Å²) in [5.74, 6) is 1.72. The third-order valence-corrected chi connectivity index (χ3v) is 2.84. The Kier molecular flexibility index (Phi) is 3.74. The second kappa shape index (κ2) is 5.30. The third-order valence-electron chi connectivity index (χ3n) is 2.84. The number of carbonyl (C=O) groups is 1. The molecular weight excluding hydrogens is 244 g/mol. The molecule has 102 valence electrons. The minimum absolute atomic E-state index is 0.155. The highest BCUT2D eigenvalue weighted by molar-refractivity contribution is 5.93. The molecule has 1 N–H and O–H groups in total. The molecule has 2 rings (SSSR count). The van der Waals surface area contributed by atoms with Crippen molar-refractivity contribution in [1.29, 1.82) is 0 Å². The zero-order valence-corrected chi connectivity index (χ0v) is 11.6. The van der Waals surface area contributed by atoms with Crippen molar-refractivity contribution in [2.24, 2.45) is 0 Å². The number of oxazole rings is 1. The maximum atomic E-state index is 12.1. The van der Waals surface area contributed by atoms with Crippen molar-refractivity contribution >= 4 is 5.91 Å². The van der Waals surface area contributed by atoms with Gasteiger partial charge in [0.1, 0.15) is 11.5 Å². The van der Waals surface area contributed by atoms with Gasteiger partial charge < -0.3 is 14.2 Å². The van der Waals surface area contributed by atoms with Crippen LogP contribution in [0.3, 0.4) is 0 Å². The molecule has 0 spiro atoms. The summed E-state index contributed by atoms with van der Waals surface area (Å²) in [5, 5.41) is 2.84. The summed E-state index contributed by atoms with van der Waals surface area (Å²) >= 11 is 0. The van der Waals surface area contributed by atoms with Crippen LogP contribution in [0, 0.1) is 6.92 Å². The molecular formula is C14H18N2O3. The van der Waals surface area contributed by atoms with Crippen LogP contribution in [0.15, 0.2) is 27.2 Å². The minimum Gasteiger partial charge on any atom is -0.467 e. The smallest absolute Gasteiger partial charge is 0.274 e. The van der Waals surface area contributed by atoms with Gasteiger partial charge in [0.25, 0.3) is 5.91 Å². The molecule has 1 amide bonds. The fraction of sp³-hybridized carbons (Fsp3) is 0.429. The van der Waals surface area contributed by atoms with E-state index in [9.17, 15) is 4.79 Å². The Morgan fingerprint density at radius 3 is 2.63 bits per heavy atom. The highest BCUT2D eigenvalue weighted by atomic mass is 16.4. The van der Waals surface area contributed by atoms with Gasteiger partial charge in [-0.05, 0) is 26.0 Å². The second-order valence-corrected chi connectivity index (χ2v) is 4.82. The fourth-order valence-electron chi connectivity index (χ4n) is 1.75. The molecule has 0 saturated carbocycles. The zero-order chi connectivity index (χ0) is 14.0. The molecule has 0 aliphatic rings. The van der Waals surface area contributed by atoms with E-state index in [0.717, 1.165) is 0 Å². The van der Waals surface area contributed by atoms with Crippen molar-refractivity contribution in [2.75, 3.05) is 0 Å². The summed E-state index contributed by atoms with van der Waals surface area (Å²) in [6.45, 7) is 7.54. The molecule has 19 heavy (non-hydrogen) atoms. The number of amides is 1. The number of aryl methyl sites for hydroxylation is 1. The van der Waals surface area contributed by atoms with Crippen LogP contribution in [0.2, 0.25) is 0 Å². The second-order valence-electron chi connectivity index (χ2n) is 4.82. The molecule has 0 saturated heterocycles. The zero-order valence-electron chi connectivity index (χ0n) is 11.6. The molecule has 0 radical (unpaired) electrons. The highest BCUT2D eigenvalue weighted by Crippen LogP contribution is 2.19. The number of nitrogens with zero attached hydrogens (tertiary/aromatic N) is 1. The van der Waals surface area contributed by atoms with Crippen molar-refractivity contribution in [3.8, 4) is 0 Å². The van der Waals surface area contributed by atoms with Crippen molar-refractivity contribution in [1.82, 2.24) is 10.3 Å². The van der Waals surface area contributed by atoms with Crippen molar-refractivity contribution in [3.05, 3.63) is 41.5 Å². The van der Waals surface area contributed by atoms with E-state index >= 15 is 0 Å². The van der Waals surface area contributed by atoms with Gasteiger partial charge in [0.05, 0.1) is 12.3 Å². The van der Waals surface area contributed by atoms with E-state index in [4.69, 9.17) is 8.83 Å². The first-order chi connectivity index (χ1) is 8.99. The topological polar surface area (TPSA) is 68.3 Å². The predicted octanol–water partition coefficient (Wildman–Crippen LogP) is 3.19. The summed E-state index contributed by atoms with van der Waals surface area (Å²) in [6.07, 6.45) is 1.58. The monoisotopic (exact) mass is 262 g/mol. The summed E-state index contributed by atoms with van der Waals surface area (Å²) in [5.41, 5.74) is 0.335. The lowest BCUT2D eigenvalue weighted by atomic mass is 10.2. The van der Waals surface area contributed by atoms with Crippen LogP contribution in [0.25, 0.3) is 0 Å². The van der Waals surface area contributed by atoms with Gasteiger partial charge >= 0.3 is 0 Å². The van der Waals surface area contributed by atoms with Gasteiger partial charge in [-0.2, -0.15) is 0 Å². The Morgan fingerprint density at radius 2 is 2.11 bits per heavy atom. The molecule has 0 bridgehead atoms. The van der Waals surface area contributed by atoms with Gasteiger partial charge in [-0.1, -0.05) is 13.8 Å².